The molecule has 98 valence electrons. The average Bonchev–Trinajstić information content (AvgIpc) is 2.50. The highest BCUT2D eigenvalue weighted by Gasteiger charge is 2.47. The predicted molar refractivity (Wildman–Crippen MR) is 69.8 cm³/mol. The normalized spacial score (nSPS) is 39.8. The van der Waals surface area contributed by atoms with Crippen molar-refractivity contribution < 1.29 is 9.84 Å². The first-order chi connectivity index (χ1) is 7.89. The Morgan fingerprint density at radius 2 is 2.12 bits per heavy atom. The Balaban J connectivity index is 1.99. The first-order valence-corrected chi connectivity index (χ1v) is 6.86. The quantitative estimate of drug-likeness (QED) is 0.748. The molecule has 2 heteroatoms. The van der Waals surface area contributed by atoms with Gasteiger partial charge >= 0.3 is 0 Å². The monoisotopic (exact) mass is 238 g/mol. The topological polar surface area (TPSA) is 29.5 Å². The molecule has 0 aromatic carbocycles. The van der Waals surface area contributed by atoms with Crippen LogP contribution in [0.1, 0.15) is 53.4 Å². The molecule has 0 aromatic rings. The minimum Gasteiger partial charge on any atom is -0.390 e. The number of hydrogen-bond acceptors (Lipinski definition) is 2. The molecular formula is C15H26O2. The molecule has 1 saturated heterocycles. The van der Waals surface area contributed by atoms with Gasteiger partial charge in [0.2, 0.25) is 0 Å². The number of rotatable bonds is 2. The fraction of sp³-hybridized carbons (Fsp3) is 0.867. The summed E-state index contributed by atoms with van der Waals surface area (Å²) in [6, 6.07) is 0. The number of aliphatic hydroxyl groups is 1. The van der Waals surface area contributed by atoms with E-state index >= 15 is 0 Å². The van der Waals surface area contributed by atoms with Gasteiger partial charge < -0.3 is 9.84 Å². The van der Waals surface area contributed by atoms with Crippen molar-refractivity contribution in [1.29, 1.82) is 0 Å². The molecule has 1 heterocycles. The third-order valence-electron chi connectivity index (χ3n) is 4.31. The van der Waals surface area contributed by atoms with Crippen molar-refractivity contribution in [3.63, 3.8) is 0 Å². The molecule has 1 saturated carbocycles. The van der Waals surface area contributed by atoms with Gasteiger partial charge in [0.25, 0.3) is 0 Å². The summed E-state index contributed by atoms with van der Waals surface area (Å²) in [7, 11) is 0. The van der Waals surface area contributed by atoms with Crippen LogP contribution in [0.25, 0.3) is 0 Å². The van der Waals surface area contributed by atoms with Crippen LogP contribution >= 0.6 is 0 Å². The van der Waals surface area contributed by atoms with E-state index in [1.165, 1.54) is 12.0 Å². The predicted octanol–water partition coefficient (Wildman–Crippen LogP) is 3.30. The molecule has 0 amide bonds. The highest BCUT2D eigenvalue weighted by Crippen LogP contribution is 2.46. The zero-order valence-electron chi connectivity index (χ0n) is 11.6. The maximum absolute atomic E-state index is 10.3. The number of hydrogen-bond donors (Lipinski definition) is 1. The molecule has 1 N–H and O–H groups in total. The lowest BCUT2D eigenvalue weighted by molar-refractivity contribution is -0.0144. The maximum atomic E-state index is 10.3. The molecule has 0 bridgehead atoms. The molecule has 17 heavy (non-hydrogen) atoms. The van der Waals surface area contributed by atoms with E-state index in [2.05, 4.69) is 33.8 Å². The van der Waals surface area contributed by atoms with Crippen molar-refractivity contribution >= 4 is 0 Å². The fourth-order valence-corrected chi connectivity index (χ4v) is 3.21. The fourth-order valence-electron chi connectivity index (χ4n) is 3.21. The summed E-state index contributed by atoms with van der Waals surface area (Å²) in [5.74, 6) is 0.374. The average molecular weight is 238 g/mol. The number of aliphatic hydroxyl groups excluding tert-OH is 1. The van der Waals surface area contributed by atoms with E-state index in [0.29, 0.717) is 11.3 Å². The first-order valence-electron chi connectivity index (χ1n) is 6.86. The summed E-state index contributed by atoms with van der Waals surface area (Å²) in [6.07, 6.45) is 6.51. The molecule has 1 aliphatic carbocycles. The molecular weight excluding hydrogens is 212 g/mol. The van der Waals surface area contributed by atoms with E-state index in [4.69, 9.17) is 4.74 Å². The summed E-state index contributed by atoms with van der Waals surface area (Å²) >= 11 is 0. The lowest BCUT2D eigenvalue weighted by Crippen LogP contribution is -2.35. The molecule has 2 fully saturated rings. The first kappa shape index (κ1) is 13.1. The van der Waals surface area contributed by atoms with Crippen LogP contribution in [0.15, 0.2) is 11.6 Å². The van der Waals surface area contributed by atoms with Gasteiger partial charge in [0.15, 0.2) is 0 Å². The number of ether oxygens (including phenoxy) is 1. The summed E-state index contributed by atoms with van der Waals surface area (Å²) < 4.78 is 6.07. The van der Waals surface area contributed by atoms with Gasteiger partial charge in [-0.3, -0.25) is 0 Å². The van der Waals surface area contributed by atoms with Crippen LogP contribution in [0, 0.1) is 11.3 Å². The molecule has 4 unspecified atom stereocenters. The lowest BCUT2D eigenvalue weighted by atomic mass is 9.70. The molecule has 4 atom stereocenters. The van der Waals surface area contributed by atoms with Crippen molar-refractivity contribution in [1.82, 2.24) is 0 Å². The third-order valence-corrected chi connectivity index (χ3v) is 4.31. The van der Waals surface area contributed by atoms with E-state index in [0.717, 1.165) is 19.3 Å². The van der Waals surface area contributed by atoms with Gasteiger partial charge in [0.1, 0.15) is 0 Å². The third kappa shape index (κ3) is 2.92. The maximum Gasteiger partial charge on any atom is 0.0875 e. The van der Waals surface area contributed by atoms with Gasteiger partial charge in [-0.05, 0) is 44.9 Å². The van der Waals surface area contributed by atoms with Crippen molar-refractivity contribution in [3.05, 3.63) is 11.6 Å². The number of allylic oxidation sites excluding steroid dienone is 1. The zero-order valence-corrected chi connectivity index (χ0v) is 11.6. The van der Waals surface area contributed by atoms with Crippen molar-refractivity contribution in [2.24, 2.45) is 11.3 Å². The minimum absolute atomic E-state index is 0.0220. The van der Waals surface area contributed by atoms with E-state index < -0.39 is 0 Å². The molecule has 1 aliphatic heterocycles. The summed E-state index contributed by atoms with van der Waals surface area (Å²) in [5.41, 5.74) is 1.68. The SMILES string of the molecule is CC(C)=CCC1OC2CC(C)(C)CCC2C1O. The Morgan fingerprint density at radius 1 is 1.41 bits per heavy atom. The van der Waals surface area contributed by atoms with E-state index in [-0.39, 0.29) is 18.3 Å². The minimum atomic E-state index is -0.258. The van der Waals surface area contributed by atoms with Crippen molar-refractivity contribution in [3.8, 4) is 0 Å². The molecule has 2 aliphatic rings. The van der Waals surface area contributed by atoms with Crippen LogP contribution in [-0.4, -0.2) is 23.4 Å². The van der Waals surface area contributed by atoms with Crippen LogP contribution in [0.4, 0.5) is 0 Å². The summed E-state index contributed by atoms with van der Waals surface area (Å²) in [4.78, 5) is 0. The summed E-state index contributed by atoms with van der Waals surface area (Å²) in [5, 5.41) is 10.3. The second-order valence-corrected chi connectivity index (χ2v) is 6.79. The molecule has 0 radical (unpaired) electrons. The molecule has 2 rings (SSSR count). The van der Waals surface area contributed by atoms with Crippen LogP contribution in [0.2, 0.25) is 0 Å². The second-order valence-electron chi connectivity index (χ2n) is 6.79. The smallest absolute Gasteiger partial charge is 0.0875 e. The van der Waals surface area contributed by atoms with Crippen molar-refractivity contribution in [2.75, 3.05) is 0 Å². The molecule has 0 spiro atoms. The van der Waals surface area contributed by atoms with E-state index in [9.17, 15) is 5.11 Å². The Bertz CT molecular complexity index is 302. The van der Waals surface area contributed by atoms with Crippen molar-refractivity contribution in [2.45, 2.75) is 71.7 Å². The molecule has 0 aromatic heterocycles. The summed E-state index contributed by atoms with van der Waals surface area (Å²) in [6.45, 7) is 8.81. The Hall–Kier alpha value is -0.340. The van der Waals surface area contributed by atoms with Gasteiger partial charge in [-0.2, -0.15) is 0 Å². The van der Waals surface area contributed by atoms with Gasteiger partial charge in [-0.25, -0.2) is 0 Å². The lowest BCUT2D eigenvalue weighted by Gasteiger charge is -2.37. The molecule has 2 nitrogen and oxygen atoms in total. The highest BCUT2D eigenvalue weighted by molar-refractivity contribution is 5.01. The Kier molecular flexibility index (Phi) is 3.65. The standard InChI is InChI=1S/C15H26O2/c1-10(2)5-6-12-14(16)11-7-8-15(3,4)9-13(11)17-12/h5,11-14,16H,6-9H2,1-4H3. The second kappa shape index (κ2) is 4.74. The van der Waals surface area contributed by atoms with Crippen LogP contribution in [-0.2, 0) is 4.74 Å². The van der Waals surface area contributed by atoms with Gasteiger partial charge in [-0.1, -0.05) is 25.5 Å². The van der Waals surface area contributed by atoms with Crippen LogP contribution in [0.3, 0.4) is 0 Å². The van der Waals surface area contributed by atoms with Crippen LogP contribution in [0.5, 0.6) is 0 Å². The Morgan fingerprint density at radius 3 is 2.76 bits per heavy atom. The zero-order chi connectivity index (χ0) is 12.6. The van der Waals surface area contributed by atoms with Gasteiger partial charge in [0.05, 0.1) is 18.3 Å². The van der Waals surface area contributed by atoms with Gasteiger partial charge in [-0.15, -0.1) is 0 Å². The van der Waals surface area contributed by atoms with Crippen LogP contribution < -0.4 is 0 Å². The van der Waals surface area contributed by atoms with Gasteiger partial charge in [0, 0.05) is 5.92 Å². The Labute approximate surface area is 105 Å². The largest absolute Gasteiger partial charge is 0.390 e. The van der Waals surface area contributed by atoms with E-state index in [1.807, 2.05) is 0 Å². The van der Waals surface area contributed by atoms with E-state index in [1.54, 1.807) is 0 Å². The highest BCUT2D eigenvalue weighted by atomic mass is 16.5. The number of fused-ring (bicyclic) bond motifs is 1.